The van der Waals surface area contributed by atoms with E-state index < -0.39 is 0 Å². The van der Waals surface area contributed by atoms with E-state index in [1.54, 1.807) is 0 Å². The molecule has 0 radical (unpaired) electrons. The lowest BCUT2D eigenvalue weighted by atomic mass is 10.1. The number of carbonyl (C=O) groups is 1. The largest absolute Gasteiger partial charge is 0.319 e. The predicted molar refractivity (Wildman–Crippen MR) is 66.5 cm³/mol. The highest BCUT2D eigenvalue weighted by Gasteiger charge is 2.55. The zero-order chi connectivity index (χ0) is 11.6. The van der Waals surface area contributed by atoms with E-state index in [4.69, 9.17) is 0 Å². The van der Waals surface area contributed by atoms with Crippen molar-refractivity contribution in [1.82, 2.24) is 4.90 Å². The summed E-state index contributed by atoms with van der Waals surface area (Å²) in [5, 5.41) is 0. The first kappa shape index (κ1) is 10.2. The maximum Gasteiger partial charge on any atom is 0.255 e. The van der Waals surface area contributed by atoms with Crippen molar-refractivity contribution in [3.63, 3.8) is 0 Å². The summed E-state index contributed by atoms with van der Waals surface area (Å²) >= 11 is 1.89. The molecular weight excluding hydrogens is 218 g/mol. The van der Waals surface area contributed by atoms with E-state index in [1.807, 2.05) is 34.9 Å². The molecule has 1 amide bonds. The molecule has 0 spiro atoms. The van der Waals surface area contributed by atoms with Crippen molar-refractivity contribution >= 4 is 17.7 Å². The van der Waals surface area contributed by atoms with Gasteiger partial charge < -0.3 is 4.90 Å². The highest BCUT2D eigenvalue weighted by molar-refractivity contribution is 8.01. The first-order valence-corrected chi connectivity index (χ1v) is 6.37. The van der Waals surface area contributed by atoms with E-state index in [0.29, 0.717) is 0 Å². The zero-order valence-corrected chi connectivity index (χ0v) is 10.6. The summed E-state index contributed by atoms with van der Waals surface area (Å²) < 4.78 is 0.151. The minimum Gasteiger partial charge on any atom is -0.319 e. The van der Waals surface area contributed by atoms with E-state index in [0.717, 1.165) is 12.1 Å². The van der Waals surface area contributed by atoms with Crippen LogP contribution in [0.15, 0.2) is 24.3 Å². The van der Waals surface area contributed by atoms with Crippen molar-refractivity contribution in [3.05, 3.63) is 35.4 Å². The summed E-state index contributed by atoms with van der Waals surface area (Å²) in [7, 11) is 0. The maximum absolute atomic E-state index is 12.3. The summed E-state index contributed by atoms with van der Waals surface area (Å²) in [5.74, 6) is 0.191. The van der Waals surface area contributed by atoms with Crippen LogP contribution in [0.5, 0.6) is 0 Å². The number of nitrogens with zero attached hydrogens (tertiary/aromatic N) is 1. The van der Waals surface area contributed by atoms with Gasteiger partial charge in [0.15, 0.2) is 0 Å². The molecule has 3 heteroatoms. The maximum atomic E-state index is 12.3. The molecule has 2 aliphatic rings. The Labute approximate surface area is 100 Å². The Balaban J connectivity index is 2.19. The molecular formula is C13H15NOS. The molecule has 1 saturated heterocycles. The molecule has 2 aliphatic heterocycles. The minimum atomic E-state index is -0.156. The molecule has 0 unspecified atom stereocenters. The summed E-state index contributed by atoms with van der Waals surface area (Å²) in [6.07, 6.45) is 0. The number of benzene rings is 1. The monoisotopic (exact) mass is 233 g/mol. The molecule has 1 atom stereocenters. The fourth-order valence-electron chi connectivity index (χ4n) is 2.84. The van der Waals surface area contributed by atoms with Gasteiger partial charge in [-0.1, -0.05) is 18.2 Å². The highest BCUT2D eigenvalue weighted by atomic mass is 32.2. The number of rotatable bonds is 0. The molecule has 1 fully saturated rings. The van der Waals surface area contributed by atoms with Crippen LogP contribution in [0.1, 0.15) is 36.7 Å². The van der Waals surface area contributed by atoms with Crippen LogP contribution in [0.25, 0.3) is 0 Å². The van der Waals surface area contributed by atoms with Crippen LogP contribution in [0.3, 0.4) is 0 Å². The second-order valence-electron chi connectivity index (χ2n) is 5.28. The molecule has 1 aromatic rings. The van der Waals surface area contributed by atoms with Gasteiger partial charge in [0, 0.05) is 22.4 Å². The third kappa shape index (κ3) is 1.12. The fraction of sp³-hybridized carbons (Fsp3) is 0.462. The Morgan fingerprint density at radius 3 is 2.69 bits per heavy atom. The molecule has 3 rings (SSSR count). The molecule has 0 N–H and O–H groups in total. The Morgan fingerprint density at radius 2 is 1.94 bits per heavy atom. The zero-order valence-electron chi connectivity index (χ0n) is 9.78. The van der Waals surface area contributed by atoms with Crippen LogP contribution in [-0.4, -0.2) is 22.1 Å². The minimum absolute atomic E-state index is 0.151. The van der Waals surface area contributed by atoms with Crippen molar-refractivity contribution in [1.29, 1.82) is 0 Å². The summed E-state index contributed by atoms with van der Waals surface area (Å²) in [6.45, 7) is 7.41. The van der Waals surface area contributed by atoms with Crippen LogP contribution in [0, 0.1) is 0 Å². The van der Waals surface area contributed by atoms with Gasteiger partial charge in [-0.15, -0.1) is 11.8 Å². The molecule has 2 nitrogen and oxygen atoms in total. The number of fused-ring (bicyclic) bond motifs is 3. The van der Waals surface area contributed by atoms with Crippen molar-refractivity contribution in [2.45, 2.75) is 30.4 Å². The summed E-state index contributed by atoms with van der Waals surface area (Å²) in [5.41, 5.74) is 2.06. The van der Waals surface area contributed by atoms with Crippen LogP contribution in [-0.2, 0) is 4.87 Å². The van der Waals surface area contributed by atoms with Gasteiger partial charge in [-0.05, 0) is 26.8 Å². The fourth-order valence-corrected chi connectivity index (χ4v) is 4.66. The van der Waals surface area contributed by atoms with E-state index in [2.05, 4.69) is 26.8 Å². The summed E-state index contributed by atoms with van der Waals surface area (Å²) in [6, 6.07) is 7.99. The van der Waals surface area contributed by atoms with Crippen molar-refractivity contribution < 1.29 is 4.79 Å². The second-order valence-corrected chi connectivity index (χ2v) is 7.39. The van der Waals surface area contributed by atoms with Crippen LogP contribution in [0.2, 0.25) is 0 Å². The molecule has 0 saturated carbocycles. The van der Waals surface area contributed by atoms with Crippen LogP contribution < -0.4 is 0 Å². The van der Waals surface area contributed by atoms with Gasteiger partial charge in [0.25, 0.3) is 5.91 Å². The second kappa shape index (κ2) is 2.83. The normalized spacial score (nSPS) is 30.4. The Morgan fingerprint density at radius 1 is 1.25 bits per heavy atom. The smallest absolute Gasteiger partial charge is 0.255 e. The molecule has 0 aromatic heterocycles. The molecule has 0 bridgehead atoms. The summed E-state index contributed by atoms with van der Waals surface area (Å²) in [4.78, 5) is 14.1. The van der Waals surface area contributed by atoms with Crippen molar-refractivity contribution in [3.8, 4) is 0 Å². The van der Waals surface area contributed by atoms with E-state index in [-0.39, 0.29) is 15.5 Å². The Hall–Kier alpha value is -0.960. The van der Waals surface area contributed by atoms with Gasteiger partial charge in [0.2, 0.25) is 0 Å². The third-order valence-electron chi connectivity index (χ3n) is 3.43. The average Bonchev–Trinajstić information content (AvgIpc) is 2.58. The lowest BCUT2D eigenvalue weighted by Crippen LogP contribution is -2.35. The van der Waals surface area contributed by atoms with Gasteiger partial charge >= 0.3 is 0 Å². The number of hydrogen-bond donors (Lipinski definition) is 0. The van der Waals surface area contributed by atoms with Gasteiger partial charge in [0.05, 0.1) is 0 Å². The first-order chi connectivity index (χ1) is 7.44. The lowest BCUT2D eigenvalue weighted by Gasteiger charge is -2.27. The Bertz CT molecular complexity index is 483. The first-order valence-electron chi connectivity index (χ1n) is 5.56. The Kier molecular flexibility index (Phi) is 1.81. The van der Waals surface area contributed by atoms with Gasteiger partial charge in [-0.25, -0.2) is 0 Å². The van der Waals surface area contributed by atoms with Gasteiger partial charge in [-0.3, -0.25) is 4.79 Å². The molecule has 0 aliphatic carbocycles. The average molecular weight is 233 g/mol. The molecule has 16 heavy (non-hydrogen) atoms. The standard InChI is InChI=1S/C13H15NOS/c1-12(2)8-14-11(15)9-6-4-5-7-10(9)13(14,3)16-12/h4-7H,8H2,1-3H3/t13-/m0/s1. The van der Waals surface area contributed by atoms with E-state index >= 15 is 0 Å². The van der Waals surface area contributed by atoms with Gasteiger partial charge in [-0.2, -0.15) is 0 Å². The van der Waals surface area contributed by atoms with Gasteiger partial charge in [0.1, 0.15) is 4.87 Å². The predicted octanol–water partition coefficient (Wildman–Crippen LogP) is 2.84. The van der Waals surface area contributed by atoms with E-state index in [9.17, 15) is 4.79 Å². The van der Waals surface area contributed by atoms with Crippen LogP contribution >= 0.6 is 11.8 Å². The number of carbonyl (C=O) groups excluding carboxylic acids is 1. The quantitative estimate of drug-likeness (QED) is 0.686. The topological polar surface area (TPSA) is 20.3 Å². The molecule has 84 valence electrons. The number of hydrogen-bond acceptors (Lipinski definition) is 2. The highest BCUT2D eigenvalue weighted by Crippen LogP contribution is 2.57. The van der Waals surface area contributed by atoms with Crippen molar-refractivity contribution in [2.24, 2.45) is 0 Å². The third-order valence-corrected chi connectivity index (χ3v) is 4.95. The lowest BCUT2D eigenvalue weighted by molar-refractivity contribution is 0.0722. The molecule has 2 heterocycles. The van der Waals surface area contributed by atoms with Crippen LogP contribution in [0.4, 0.5) is 0 Å². The number of thioether (sulfide) groups is 1. The number of amides is 1. The SMILES string of the molecule is CC1(C)CN2C(=O)c3ccccc3[C@]2(C)S1. The van der Waals surface area contributed by atoms with E-state index in [1.165, 1.54) is 5.56 Å². The molecule has 1 aromatic carbocycles. The van der Waals surface area contributed by atoms with Crippen molar-refractivity contribution in [2.75, 3.05) is 6.54 Å².